The monoisotopic (exact) mass is 479 g/mol. The van der Waals surface area contributed by atoms with Gasteiger partial charge in [0.15, 0.2) is 11.5 Å². The van der Waals surface area contributed by atoms with Crippen molar-refractivity contribution in [3.63, 3.8) is 0 Å². The predicted molar refractivity (Wildman–Crippen MR) is 130 cm³/mol. The van der Waals surface area contributed by atoms with Gasteiger partial charge in [0.2, 0.25) is 5.75 Å². The second-order valence-corrected chi connectivity index (χ2v) is 8.66. The van der Waals surface area contributed by atoms with Crippen molar-refractivity contribution in [2.24, 2.45) is 5.92 Å². The van der Waals surface area contributed by atoms with Crippen LogP contribution >= 0.6 is 0 Å². The van der Waals surface area contributed by atoms with E-state index in [-0.39, 0.29) is 11.9 Å². The number of hydrogen-bond donors (Lipinski definition) is 1. The smallest absolute Gasteiger partial charge is 0.307 e. The van der Waals surface area contributed by atoms with E-state index in [0.717, 1.165) is 23.1 Å². The quantitative estimate of drug-likeness (QED) is 0.449. The number of hydrogen-bond acceptors (Lipinski definition) is 5. The van der Waals surface area contributed by atoms with E-state index in [1.807, 2.05) is 48.5 Å². The first kappa shape index (κ1) is 24.5. The molecule has 2 atom stereocenters. The molecule has 2 unspecified atom stereocenters. The van der Waals surface area contributed by atoms with Crippen molar-refractivity contribution < 1.29 is 28.5 Å². The van der Waals surface area contributed by atoms with Crippen molar-refractivity contribution >= 4 is 5.97 Å². The maximum absolute atomic E-state index is 14.2. The van der Waals surface area contributed by atoms with Crippen LogP contribution in [0, 0.1) is 11.7 Å². The van der Waals surface area contributed by atoms with Gasteiger partial charge >= 0.3 is 5.97 Å². The molecule has 1 fully saturated rings. The van der Waals surface area contributed by atoms with Crippen LogP contribution in [0.25, 0.3) is 0 Å². The highest BCUT2D eigenvalue weighted by molar-refractivity contribution is 5.70. The summed E-state index contributed by atoms with van der Waals surface area (Å²) >= 11 is 0. The Morgan fingerprint density at radius 3 is 2.37 bits per heavy atom. The van der Waals surface area contributed by atoms with Gasteiger partial charge in [-0.1, -0.05) is 42.5 Å². The lowest BCUT2D eigenvalue weighted by atomic mass is 9.91. The number of carboxylic acids is 1. The molecule has 1 heterocycles. The minimum Gasteiger partial charge on any atom is -0.493 e. The van der Waals surface area contributed by atoms with Crippen molar-refractivity contribution in [3.05, 3.63) is 89.2 Å². The first-order chi connectivity index (χ1) is 17.0. The molecule has 0 aromatic heterocycles. The van der Waals surface area contributed by atoms with Crippen molar-refractivity contribution in [1.82, 2.24) is 4.90 Å². The fourth-order valence-electron chi connectivity index (χ4n) is 4.66. The van der Waals surface area contributed by atoms with E-state index in [1.54, 1.807) is 20.3 Å². The Balaban J connectivity index is 1.74. The second kappa shape index (κ2) is 11.2. The third-order valence-corrected chi connectivity index (χ3v) is 6.36. The SMILES string of the molecule is COc1cc(C(c2cccc(F)c2)N2CCCC(C(=O)O)C2)cc(OC)c1OCc1ccccc1. The second-order valence-electron chi connectivity index (χ2n) is 8.66. The lowest BCUT2D eigenvalue weighted by molar-refractivity contribution is -0.143. The zero-order valence-electron chi connectivity index (χ0n) is 19.9. The molecule has 0 aliphatic carbocycles. The zero-order valence-corrected chi connectivity index (χ0v) is 19.9. The Kier molecular flexibility index (Phi) is 7.87. The first-order valence-corrected chi connectivity index (χ1v) is 11.6. The molecule has 7 heteroatoms. The van der Waals surface area contributed by atoms with E-state index in [2.05, 4.69) is 4.90 Å². The summed E-state index contributed by atoms with van der Waals surface area (Å²) in [7, 11) is 3.12. The minimum absolute atomic E-state index is 0.340. The number of carbonyl (C=O) groups is 1. The normalized spacial score (nSPS) is 16.9. The molecule has 3 aromatic rings. The van der Waals surface area contributed by atoms with E-state index in [0.29, 0.717) is 43.4 Å². The van der Waals surface area contributed by atoms with Gasteiger partial charge in [-0.3, -0.25) is 9.69 Å². The van der Waals surface area contributed by atoms with Crippen molar-refractivity contribution in [1.29, 1.82) is 0 Å². The van der Waals surface area contributed by atoms with E-state index < -0.39 is 11.9 Å². The molecule has 35 heavy (non-hydrogen) atoms. The lowest BCUT2D eigenvalue weighted by Crippen LogP contribution is -2.41. The van der Waals surface area contributed by atoms with Crippen molar-refractivity contribution in [3.8, 4) is 17.2 Å². The molecule has 4 rings (SSSR count). The van der Waals surface area contributed by atoms with Gasteiger partial charge in [-0.25, -0.2) is 4.39 Å². The van der Waals surface area contributed by atoms with Gasteiger partial charge in [0.1, 0.15) is 12.4 Å². The topological polar surface area (TPSA) is 68.2 Å². The Morgan fingerprint density at radius 1 is 1.03 bits per heavy atom. The maximum Gasteiger partial charge on any atom is 0.307 e. The molecule has 6 nitrogen and oxygen atoms in total. The fourth-order valence-corrected chi connectivity index (χ4v) is 4.66. The fraction of sp³-hybridized carbons (Fsp3) is 0.321. The van der Waals surface area contributed by atoms with Crippen LogP contribution in [-0.4, -0.2) is 43.3 Å². The van der Waals surface area contributed by atoms with Gasteiger partial charge in [-0.15, -0.1) is 0 Å². The van der Waals surface area contributed by atoms with Crippen molar-refractivity contribution in [2.45, 2.75) is 25.5 Å². The number of aliphatic carboxylic acids is 1. The molecule has 0 saturated carbocycles. The molecule has 0 radical (unpaired) electrons. The van der Waals surface area contributed by atoms with Crippen LogP contribution in [0.5, 0.6) is 17.2 Å². The number of halogens is 1. The average molecular weight is 480 g/mol. The number of piperidine rings is 1. The number of rotatable bonds is 9. The summed E-state index contributed by atoms with van der Waals surface area (Å²) in [5.74, 6) is -0.180. The first-order valence-electron chi connectivity index (χ1n) is 11.6. The molecule has 1 N–H and O–H groups in total. The number of nitrogens with zero attached hydrogens (tertiary/aromatic N) is 1. The molecular formula is C28H30FNO5. The number of carboxylic acid groups (broad SMARTS) is 1. The van der Waals surface area contributed by atoms with Gasteiger partial charge in [0, 0.05) is 6.54 Å². The summed E-state index contributed by atoms with van der Waals surface area (Å²) in [5.41, 5.74) is 2.55. The Bertz CT molecular complexity index is 1130. The molecule has 1 aliphatic rings. The lowest BCUT2D eigenvalue weighted by Gasteiger charge is -2.38. The molecule has 0 bridgehead atoms. The van der Waals surface area contributed by atoms with Crippen LogP contribution in [0.3, 0.4) is 0 Å². The summed E-state index contributed by atoms with van der Waals surface area (Å²) in [4.78, 5) is 13.8. The molecule has 3 aromatic carbocycles. The molecule has 0 amide bonds. The average Bonchev–Trinajstić information content (AvgIpc) is 2.88. The Hall–Kier alpha value is -3.58. The van der Waals surface area contributed by atoms with Crippen LogP contribution in [0.2, 0.25) is 0 Å². The standard InChI is InChI=1S/C28H30FNO5/c1-33-24-15-22(16-25(34-2)27(24)35-18-19-8-4-3-5-9-19)26(20-10-6-12-23(29)14-20)30-13-7-11-21(17-30)28(31)32/h3-6,8-10,12,14-16,21,26H,7,11,13,17-18H2,1-2H3,(H,31,32). The molecular weight excluding hydrogens is 449 g/mol. The van der Waals surface area contributed by atoms with Crippen molar-refractivity contribution in [2.75, 3.05) is 27.3 Å². The molecule has 0 spiro atoms. The summed E-state index contributed by atoms with van der Waals surface area (Å²) in [6, 6.07) is 19.6. The summed E-state index contributed by atoms with van der Waals surface area (Å²) in [6.45, 7) is 1.40. The maximum atomic E-state index is 14.2. The Morgan fingerprint density at radius 2 is 1.74 bits per heavy atom. The van der Waals surface area contributed by atoms with E-state index in [4.69, 9.17) is 14.2 Å². The largest absolute Gasteiger partial charge is 0.493 e. The zero-order chi connectivity index (χ0) is 24.8. The summed E-state index contributed by atoms with van der Waals surface area (Å²) in [5, 5.41) is 9.63. The van der Waals surface area contributed by atoms with E-state index in [1.165, 1.54) is 12.1 Å². The number of methoxy groups -OCH3 is 2. The van der Waals surface area contributed by atoms with Gasteiger partial charge in [0.25, 0.3) is 0 Å². The molecule has 1 saturated heterocycles. The highest BCUT2D eigenvalue weighted by Crippen LogP contribution is 2.43. The third kappa shape index (κ3) is 5.74. The summed E-state index contributed by atoms with van der Waals surface area (Å²) in [6.07, 6.45) is 1.37. The van der Waals surface area contributed by atoms with Crippen LogP contribution in [0.4, 0.5) is 4.39 Å². The van der Waals surface area contributed by atoms with Crippen LogP contribution in [-0.2, 0) is 11.4 Å². The highest BCUT2D eigenvalue weighted by Gasteiger charge is 2.32. The predicted octanol–water partition coefficient (Wildman–Crippen LogP) is 5.31. The van der Waals surface area contributed by atoms with Crippen LogP contribution < -0.4 is 14.2 Å². The van der Waals surface area contributed by atoms with Gasteiger partial charge < -0.3 is 19.3 Å². The molecule has 1 aliphatic heterocycles. The molecule has 184 valence electrons. The van der Waals surface area contributed by atoms with Crippen LogP contribution in [0.15, 0.2) is 66.7 Å². The van der Waals surface area contributed by atoms with E-state index >= 15 is 0 Å². The van der Waals surface area contributed by atoms with Gasteiger partial charge in [-0.05, 0) is 60.3 Å². The third-order valence-electron chi connectivity index (χ3n) is 6.36. The van der Waals surface area contributed by atoms with E-state index in [9.17, 15) is 14.3 Å². The minimum atomic E-state index is -0.812. The number of likely N-dealkylation sites (tertiary alicyclic amines) is 1. The highest BCUT2D eigenvalue weighted by atomic mass is 19.1. The summed E-state index contributed by atoms with van der Waals surface area (Å²) < 4.78 is 31.7. The van der Waals surface area contributed by atoms with Gasteiger partial charge in [-0.2, -0.15) is 0 Å². The van der Waals surface area contributed by atoms with Crippen LogP contribution in [0.1, 0.15) is 35.6 Å². The number of ether oxygens (including phenoxy) is 3. The van der Waals surface area contributed by atoms with Gasteiger partial charge in [0.05, 0.1) is 26.2 Å². The Labute approximate surface area is 204 Å². The number of benzene rings is 3.